The monoisotopic (exact) mass is 301 g/mol. The van der Waals surface area contributed by atoms with Crippen LogP contribution in [0.1, 0.15) is 22.7 Å². The van der Waals surface area contributed by atoms with E-state index >= 15 is 0 Å². The van der Waals surface area contributed by atoms with E-state index in [2.05, 4.69) is 5.32 Å². The second kappa shape index (κ2) is 6.95. The lowest BCUT2D eigenvalue weighted by molar-refractivity contribution is -0.139. The van der Waals surface area contributed by atoms with Crippen LogP contribution >= 0.6 is 0 Å². The van der Waals surface area contributed by atoms with Crippen LogP contribution in [0.4, 0.5) is 0 Å². The molecule has 1 atom stereocenters. The summed E-state index contributed by atoms with van der Waals surface area (Å²) in [5, 5.41) is 22.0. The first-order valence-electron chi connectivity index (χ1n) is 6.93. The molecular weight excluding hydrogens is 282 g/mol. The molecule has 2 rings (SSSR count). The van der Waals surface area contributed by atoms with E-state index in [0.717, 1.165) is 5.56 Å². The predicted molar refractivity (Wildman–Crippen MR) is 83.1 cm³/mol. The van der Waals surface area contributed by atoms with Crippen LogP contribution in [0.3, 0.4) is 0 Å². The third-order valence-electron chi connectivity index (χ3n) is 3.37. The first-order chi connectivity index (χ1) is 10.5. The zero-order valence-electron chi connectivity index (χ0n) is 12.5. The summed E-state index contributed by atoms with van der Waals surface area (Å²) >= 11 is 0. The summed E-state index contributed by atoms with van der Waals surface area (Å²) < 4.78 is 5.66. The number of carboxylic acids is 1. The molecule has 0 aliphatic carbocycles. The van der Waals surface area contributed by atoms with Crippen LogP contribution in [0, 0.1) is 6.92 Å². The molecule has 0 aliphatic heterocycles. The van der Waals surface area contributed by atoms with Crippen LogP contribution in [0.2, 0.25) is 0 Å². The van der Waals surface area contributed by atoms with Gasteiger partial charge in [0.05, 0.1) is 0 Å². The van der Waals surface area contributed by atoms with Crippen molar-refractivity contribution in [3.05, 3.63) is 59.2 Å². The lowest BCUT2D eigenvalue weighted by Gasteiger charge is -2.16. The van der Waals surface area contributed by atoms with Crippen molar-refractivity contribution in [2.24, 2.45) is 0 Å². The van der Waals surface area contributed by atoms with Crippen molar-refractivity contribution in [3.63, 3.8) is 0 Å². The van der Waals surface area contributed by atoms with Crippen molar-refractivity contribution in [2.75, 3.05) is 7.05 Å². The van der Waals surface area contributed by atoms with Gasteiger partial charge in [-0.1, -0.05) is 30.3 Å². The van der Waals surface area contributed by atoms with Crippen molar-refractivity contribution >= 4 is 5.97 Å². The number of carboxylic acid groups (broad SMARTS) is 1. The van der Waals surface area contributed by atoms with E-state index in [1.54, 1.807) is 20.0 Å². The Hall–Kier alpha value is -2.53. The highest BCUT2D eigenvalue weighted by Gasteiger charge is 2.20. The highest BCUT2D eigenvalue weighted by molar-refractivity contribution is 5.76. The van der Waals surface area contributed by atoms with Crippen molar-refractivity contribution in [1.82, 2.24) is 5.32 Å². The average Bonchev–Trinajstić information content (AvgIpc) is 2.48. The number of aromatic hydroxyl groups is 1. The van der Waals surface area contributed by atoms with Gasteiger partial charge < -0.3 is 20.3 Å². The van der Waals surface area contributed by atoms with Crippen molar-refractivity contribution in [2.45, 2.75) is 19.6 Å². The first-order valence-corrected chi connectivity index (χ1v) is 6.93. The summed E-state index contributed by atoms with van der Waals surface area (Å²) in [7, 11) is 1.56. The van der Waals surface area contributed by atoms with Crippen LogP contribution in [-0.2, 0) is 11.4 Å². The van der Waals surface area contributed by atoms with Gasteiger partial charge in [-0.3, -0.25) is 4.79 Å². The quantitative estimate of drug-likeness (QED) is 0.764. The number of benzene rings is 2. The number of ether oxygens (including phenoxy) is 1. The lowest BCUT2D eigenvalue weighted by atomic mass is 10.0. The van der Waals surface area contributed by atoms with E-state index < -0.39 is 12.0 Å². The van der Waals surface area contributed by atoms with E-state index in [-0.39, 0.29) is 5.75 Å². The van der Waals surface area contributed by atoms with Crippen molar-refractivity contribution in [1.29, 1.82) is 0 Å². The number of aliphatic carboxylic acids is 1. The van der Waals surface area contributed by atoms with Gasteiger partial charge in [-0.2, -0.15) is 0 Å². The SMILES string of the molecule is CNC(C(=O)O)c1cc(C)c(OCc2ccccc2)c(O)c1. The van der Waals surface area contributed by atoms with Crippen LogP contribution < -0.4 is 10.1 Å². The van der Waals surface area contributed by atoms with Gasteiger partial charge in [-0.25, -0.2) is 0 Å². The minimum atomic E-state index is -1.00. The maximum atomic E-state index is 11.2. The molecule has 0 aromatic heterocycles. The molecule has 2 aromatic carbocycles. The Morgan fingerprint density at radius 2 is 1.95 bits per heavy atom. The number of phenolic OH excluding ortho intramolecular Hbond substituents is 1. The van der Waals surface area contributed by atoms with E-state index in [0.29, 0.717) is 23.5 Å². The number of nitrogens with one attached hydrogen (secondary N) is 1. The largest absolute Gasteiger partial charge is 0.504 e. The molecule has 2 aromatic rings. The predicted octanol–water partition coefficient (Wildman–Crippen LogP) is 2.62. The van der Waals surface area contributed by atoms with E-state index in [1.807, 2.05) is 30.3 Å². The zero-order chi connectivity index (χ0) is 16.1. The number of likely N-dealkylation sites (N-methyl/N-ethyl adjacent to an activating group) is 1. The number of hydrogen-bond acceptors (Lipinski definition) is 4. The highest BCUT2D eigenvalue weighted by atomic mass is 16.5. The third kappa shape index (κ3) is 3.56. The molecular formula is C17H19NO4. The molecule has 0 aliphatic rings. The second-order valence-electron chi connectivity index (χ2n) is 5.02. The molecule has 0 radical (unpaired) electrons. The smallest absolute Gasteiger partial charge is 0.325 e. The minimum absolute atomic E-state index is 0.0626. The Kier molecular flexibility index (Phi) is 5.01. The Labute approximate surface area is 129 Å². The number of phenols is 1. The molecule has 0 saturated heterocycles. The fraction of sp³-hybridized carbons (Fsp3) is 0.235. The first kappa shape index (κ1) is 15.9. The molecule has 0 amide bonds. The molecule has 0 saturated carbocycles. The zero-order valence-corrected chi connectivity index (χ0v) is 12.5. The molecule has 116 valence electrons. The molecule has 5 nitrogen and oxygen atoms in total. The van der Waals surface area contributed by atoms with E-state index in [4.69, 9.17) is 9.84 Å². The van der Waals surface area contributed by atoms with Gasteiger partial charge in [-0.15, -0.1) is 0 Å². The lowest BCUT2D eigenvalue weighted by Crippen LogP contribution is -2.25. The minimum Gasteiger partial charge on any atom is -0.504 e. The summed E-state index contributed by atoms with van der Waals surface area (Å²) in [4.78, 5) is 11.2. The number of hydrogen-bond donors (Lipinski definition) is 3. The molecule has 1 unspecified atom stereocenters. The van der Waals surface area contributed by atoms with Crippen LogP contribution in [0.15, 0.2) is 42.5 Å². The third-order valence-corrected chi connectivity index (χ3v) is 3.37. The Morgan fingerprint density at radius 3 is 2.50 bits per heavy atom. The molecule has 0 spiro atoms. The normalized spacial score (nSPS) is 11.9. The maximum absolute atomic E-state index is 11.2. The summed E-state index contributed by atoms with van der Waals surface area (Å²) in [5.74, 6) is -0.695. The van der Waals surface area contributed by atoms with Crippen LogP contribution in [-0.4, -0.2) is 23.2 Å². The average molecular weight is 301 g/mol. The van der Waals surface area contributed by atoms with Gasteiger partial charge in [0.15, 0.2) is 11.5 Å². The van der Waals surface area contributed by atoms with Gasteiger partial charge in [0.1, 0.15) is 12.6 Å². The number of rotatable bonds is 6. The van der Waals surface area contributed by atoms with Gasteiger partial charge in [-0.05, 0) is 42.8 Å². The second-order valence-corrected chi connectivity index (χ2v) is 5.02. The maximum Gasteiger partial charge on any atom is 0.325 e. The van der Waals surface area contributed by atoms with Crippen LogP contribution in [0.5, 0.6) is 11.5 Å². The van der Waals surface area contributed by atoms with Crippen molar-refractivity contribution in [3.8, 4) is 11.5 Å². The molecule has 3 N–H and O–H groups in total. The standard InChI is InChI=1S/C17H19NO4/c1-11-8-13(15(18-2)17(20)21)9-14(19)16(11)22-10-12-6-4-3-5-7-12/h3-9,15,18-19H,10H2,1-2H3,(H,20,21). The van der Waals surface area contributed by atoms with Gasteiger partial charge in [0.2, 0.25) is 0 Å². The molecule has 5 heteroatoms. The summed E-state index contributed by atoms with van der Waals surface area (Å²) in [5.41, 5.74) is 2.16. The Morgan fingerprint density at radius 1 is 1.27 bits per heavy atom. The summed E-state index contributed by atoms with van der Waals surface area (Å²) in [6, 6.07) is 11.9. The molecule has 22 heavy (non-hydrogen) atoms. The van der Waals surface area contributed by atoms with E-state index in [1.165, 1.54) is 6.07 Å². The fourth-order valence-corrected chi connectivity index (χ4v) is 2.30. The van der Waals surface area contributed by atoms with Crippen molar-refractivity contribution < 1.29 is 19.7 Å². The fourth-order valence-electron chi connectivity index (χ4n) is 2.30. The molecule has 0 heterocycles. The topological polar surface area (TPSA) is 78.8 Å². The number of aryl methyl sites for hydroxylation is 1. The van der Waals surface area contributed by atoms with Gasteiger partial charge in [0.25, 0.3) is 0 Å². The summed E-state index contributed by atoms with van der Waals surface area (Å²) in [6.07, 6.45) is 0. The molecule has 0 fully saturated rings. The van der Waals surface area contributed by atoms with Crippen LogP contribution in [0.25, 0.3) is 0 Å². The Bertz CT molecular complexity index is 632. The number of carbonyl (C=O) groups is 1. The van der Waals surface area contributed by atoms with Gasteiger partial charge >= 0.3 is 5.97 Å². The molecule has 0 bridgehead atoms. The van der Waals surface area contributed by atoms with E-state index in [9.17, 15) is 9.90 Å². The summed E-state index contributed by atoms with van der Waals surface area (Å²) in [6.45, 7) is 2.11. The Balaban J connectivity index is 2.21. The highest BCUT2D eigenvalue weighted by Crippen LogP contribution is 2.34. The van der Waals surface area contributed by atoms with Gasteiger partial charge in [0, 0.05) is 0 Å².